The lowest BCUT2D eigenvalue weighted by molar-refractivity contribution is 0.618. The van der Waals surface area contributed by atoms with Gasteiger partial charge in [0.05, 0.1) is 5.52 Å². The van der Waals surface area contributed by atoms with Crippen molar-refractivity contribution in [1.29, 1.82) is 5.26 Å². The number of H-pyrrole nitrogens is 1. The fourth-order valence-electron chi connectivity index (χ4n) is 2.80. The van der Waals surface area contributed by atoms with E-state index >= 15 is 0 Å². The molecular weight excluding hydrogens is 236 g/mol. The predicted molar refractivity (Wildman–Crippen MR) is 75.9 cm³/mol. The Hall–Kier alpha value is -2.02. The first kappa shape index (κ1) is 12.0. The molecule has 0 unspecified atom stereocenters. The standard InChI is InChI=1S/C15H18N4/c16-9-13-7-11-10-17-15(8-14(11)18-13)19-12-5-3-1-2-4-6-12/h7-8,10,12,18H,1-6H2,(H,17,19). The topological polar surface area (TPSA) is 64.5 Å². The number of fused-ring (bicyclic) bond motifs is 1. The summed E-state index contributed by atoms with van der Waals surface area (Å²) in [5.41, 5.74) is 1.56. The zero-order valence-corrected chi connectivity index (χ0v) is 10.9. The van der Waals surface area contributed by atoms with Crippen LogP contribution in [0.15, 0.2) is 18.3 Å². The highest BCUT2D eigenvalue weighted by molar-refractivity contribution is 5.82. The van der Waals surface area contributed by atoms with Crippen molar-refractivity contribution in [3.05, 3.63) is 24.0 Å². The molecule has 2 heterocycles. The summed E-state index contributed by atoms with van der Waals surface area (Å²) >= 11 is 0. The number of anilines is 1. The summed E-state index contributed by atoms with van der Waals surface area (Å²) in [5.74, 6) is 0.908. The normalized spacial score (nSPS) is 17.0. The molecule has 0 radical (unpaired) electrons. The Morgan fingerprint density at radius 2 is 2.00 bits per heavy atom. The number of rotatable bonds is 2. The molecule has 2 N–H and O–H groups in total. The summed E-state index contributed by atoms with van der Waals surface area (Å²) in [5, 5.41) is 13.4. The summed E-state index contributed by atoms with van der Waals surface area (Å²) in [6.45, 7) is 0. The highest BCUT2D eigenvalue weighted by Gasteiger charge is 2.12. The van der Waals surface area contributed by atoms with Crippen LogP contribution in [-0.4, -0.2) is 16.0 Å². The highest BCUT2D eigenvalue weighted by atomic mass is 15.0. The van der Waals surface area contributed by atoms with Crippen LogP contribution in [-0.2, 0) is 0 Å². The van der Waals surface area contributed by atoms with Gasteiger partial charge in [-0.05, 0) is 18.9 Å². The molecule has 1 aliphatic carbocycles. The molecule has 98 valence electrons. The maximum absolute atomic E-state index is 8.88. The quantitative estimate of drug-likeness (QED) is 0.805. The Balaban J connectivity index is 1.78. The van der Waals surface area contributed by atoms with E-state index in [0.29, 0.717) is 11.7 Å². The molecule has 1 aliphatic rings. The van der Waals surface area contributed by atoms with E-state index < -0.39 is 0 Å². The molecular formula is C15H18N4. The van der Waals surface area contributed by atoms with E-state index in [0.717, 1.165) is 16.7 Å². The van der Waals surface area contributed by atoms with Crippen LogP contribution >= 0.6 is 0 Å². The molecule has 3 rings (SSSR count). The number of aromatic amines is 1. The maximum Gasteiger partial charge on any atom is 0.128 e. The summed E-state index contributed by atoms with van der Waals surface area (Å²) in [7, 11) is 0. The average Bonchev–Trinajstić information content (AvgIpc) is 2.67. The van der Waals surface area contributed by atoms with Crippen molar-refractivity contribution in [2.45, 2.75) is 44.6 Å². The maximum atomic E-state index is 8.88. The van der Waals surface area contributed by atoms with Crippen LogP contribution in [0.2, 0.25) is 0 Å². The van der Waals surface area contributed by atoms with Crippen molar-refractivity contribution in [1.82, 2.24) is 9.97 Å². The Morgan fingerprint density at radius 3 is 2.74 bits per heavy atom. The Labute approximate surface area is 112 Å². The second-order valence-electron chi connectivity index (χ2n) is 5.28. The summed E-state index contributed by atoms with van der Waals surface area (Å²) in [6, 6.07) is 6.49. The van der Waals surface area contributed by atoms with E-state index in [4.69, 9.17) is 5.26 Å². The predicted octanol–water partition coefficient (Wildman–Crippen LogP) is 3.57. The number of hydrogen-bond acceptors (Lipinski definition) is 3. The first-order valence-corrected chi connectivity index (χ1v) is 7.00. The molecule has 0 spiro atoms. The minimum absolute atomic E-state index is 0.540. The third-order valence-electron chi connectivity index (χ3n) is 3.83. The van der Waals surface area contributed by atoms with Crippen LogP contribution < -0.4 is 5.32 Å². The van der Waals surface area contributed by atoms with Crippen molar-refractivity contribution in [2.75, 3.05) is 5.32 Å². The van der Waals surface area contributed by atoms with Gasteiger partial charge in [-0.2, -0.15) is 5.26 Å². The molecule has 0 bridgehead atoms. The van der Waals surface area contributed by atoms with Crippen LogP contribution in [0.1, 0.15) is 44.2 Å². The molecule has 1 fully saturated rings. The fraction of sp³-hybridized carbons (Fsp3) is 0.467. The number of aromatic nitrogens is 2. The monoisotopic (exact) mass is 254 g/mol. The van der Waals surface area contributed by atoms with Gasteiger partial charge in [-0.25, -0.2) is 4.98 Å². The van der Waals surface area contributed by atoms with E-state index in [9.17, 15) is 0 Å². The minimum atomic E-state index is 0.540. The van der Waals surface area contributed by atoms with Crippen molar-refractivity contribution in [3.63, 3.8) is 0 Å². The van der Waals surface area contributed by atoms with E-state index in [2.05, 4.69) is 21.4 Å². The Kier molecular flexibility index (Phi) is 3.37. The Morgan fingerprint density at radius 1 is 1.21 bits per heavy atom. The smallest absolute Gasteiger partial charge is 0.128 e. The van der Waals surface area contributed by atoms with Gasteiger partial charge in [0.2, 0.25) is 0 Å². The molecule has 19 heavy (non-hydrogen) atoms. The third kappa shape index (κ3) is 2.70. The van der Waals surface area contributed by atoms with Crippen LogP contribution in [0.3, 0.4) is 0 Å². The van der Waals surface area contributed by atoms with Gasteiger partial charge in [-0.1, -0.05) is 25.7 Å². The number of nitriles is 1. The van der Waals surface area contributed by atoms with Gasteiger partial charge in [0.25, 0.3) is 0 Å². The van der Waals surface area contributed by atoms with E-state index in [1.54, 1.807) is 0 Å². The first-order chi connectivity index (χ1) is 9.35. The van der Waals surface area contributed by atoms with Crippen molar-refractivity contribution in [2.24, 2.45) is 0 Å². The van der Waals surface area contributed by atoms with Crippen molar-refractivity contribution in [3.8, 4) is 6.07 Å². The fourth-order valence-corrected chi connectivity index (χ4v) is 2.80. The number of pyridine rings is 1. The minimum Gasteiger partial charge on any atom is -0.367 e. The van der Waals surface area contributed by atoms with Crippen LogP contribution in [0.4, 0.5) is 5.82 Å². The Bertz CT molecular complexity index is 600. The van der Waals surface area contributed by atoms with E-state index in [1.807, 2.05) is 18.3 Å². The summed E-state index contributed by atoms with van der Waals surface area (Å²) in [4.78, 5) is 7.53. The second-order valence-corrected chi connectivity index (χ2v) is 5.28. The van der Waals surface area contributed by atoms with Gasteiger partial charge < -0.3 is 10.3 Å². The van der Waals surface area contributed by atoms with E-state index in [1.165, 1.54) is 38.5 Å². The van der Waals surface area contributed by atoms with Crippen molar-refractivity contribution < 1.29 is 0 Å². The molecule has 2 aromatic rings. The molecule has 4 heteroatoms. The molecule has 0 saturated heterocycles. The molecule has 0 amide bonds. The van der Waals surface area contributed by atoms with Gasteiger partial charge in [0.15, 0.2) is 0 Å². The van der Waals surface area contributed by atoms with Gasteiger partial charge in [0, 0.05) is 23.7 Å². The van der Waals surface area contributed by atoms with Gasteiger partial charge in [-0.15, -0.1) is 0 Å². The van der Waals surface area contributed by atoms with Crippen LogP contribution in [0, 0.1) is 11.3 Å². The van der Waals surface area contributed by atoms with Crippen LogP contribution in [0.25, 0.3) is 10.9 Å². The molecule has 4 nitrogen and oxygen atoms in total. The SMILES string of the molecule is N#Cc1cc2cnc(NC3CCCCCC3)cc2[nH]1. The second kappa shape index (κ2) is 5.31. The zero-order valence-electron chi connectivity index (χ0n) is 10.9. The van der Waals surface area contributed by atoms with Gasteiger partial charge in [-0.3, -0.25) is 0 Å². The van der Waals surface area contributed by atoms with Gasteiger partial charge in [0.1, 0.15) is 17.6 Å². The number of hydrogen-bond donors (Lipinski definition) is 2. The van der Waals surface area contributed by atoms with Crippen molar-refractivity contribution >= 4 is 16.7 Å². The first-order valence-electron chi connectivity index (χ1n) is 7.00. The molecule has 0 aliphatic heterocycles. The number of nitrogens with zero attached hydrogens (tertiary/aromatic N) is 2. The largest absolute Gasteiger partial charge is 0.367 e. The average molecular weight is 254 g/mol. The molecule has 2 aromatic heterocycles. The van der Waals surface area contributed by atoms with Gasteiger partial charge >= 0.3 is 0 Å². The highest BCUT2D eigenvalue weighted by Crippen LogP contribution is 2.22. The number of nitrogens with one attached hydrogen (secondary N) is 2. The van der Waals surface area contributed by atoms with E-state index in [-0.39, 0.29) is 0 Å². The summed E-state index contributed by atoms with van der Waals surface area (Å²) in [6.07, 6.45) is 9.61. The molecule has 1 saturated carbocycles. The lowest BCUT2D eigenvalue weighted by Crippen LogP contribution is -2.18. The molecule has 0 atom stereocenters. The third-order valence-corrected chi connectivity index (χ3v) is 3.83. The zero-order chi connectivity index (χ0) is 13.1. The molecule has 0 aromatic carbocycles. The summed E-state index contributed by atoms with van der Waals surface area (Å²) < 4.78 is 0. The lowest BCUT2D eigenvalue weighted by Gasteiger charge is -2.16. The lowest BCUT2D eigenvalue weighted by atomic mass is 10.1. The van der Waals surface area contributed by atoms with Crippen LogP contribution in [0.5, 0.6) is 0 Å².